The second-order valence-electron chi connectivity index (χ2n) is 10.8. The van der Waals surface area contributed by atoms with Crippen molar-refractivity contribution >= 4 is 0 Å². The molecule has 0 unspecified atom stereocenters. The minimum atomic E-state index is -0.874. The van der Waals surface area contributed by atoms with Crippen LogP contribution in [-0.2, 0) is 26.2 Å². The monoisotopic (exact) mass is 660 g/mol. The molecule has 0 aliphatic heterocycles. The highest BCUT2D eigenvalue weighted by Crippen LogP contribution is 2.28. The summed E-state index contributed by atoms with van der Waals surface area (Å²) in [7, 11) is 0. The molecule has 0 radical (unpaired) electrons. The van der Waals surface area contributed by atoms with Crippen molar-refractivity contribution in [3.63, 3.8) is 0 Å². The van der Waals surface area contributed by atoms with Crippen molar-refractivity contribution in [2.24, 2.45) is 25.9 Å². The van der Waals surface area contributed by atoms with Crippen LogP contribution >= 0.6 is 0 Å². The SMILES string of the molecule is [N-]=[N+]=NCc1ccc(OCC(COc2ccc(CN=[N+]=[N-])cc2)(COc2ccc(CN=[N+]=[N-])cc2)COc2ccc(CN=[N+]=[N-])cc2)cc1. The Hall–Kier alpha value is -6.68. The van der Waals surface area contributed by atoms with Gasteiger partial charge in [0.05, 0.1) is 26.2 Å². The molecular formula is C33H32N12O4. The fourth-order valence-corrected chi connectivity index (χ4v) is 4.41. The Morgan fingerprint density at radius 2 is 0.571 bits per heavy atom. The van der Waals surface area contributed by atoms with E-state index < -0.39 is 5.41 Å². The standard InChI is InChI=1S/C33H32N12O4/c34-42-38-17-25-1-9-29(10-2-25)46-21-33(22-47-30-11-3-26(4-12-30)18-39-43-35,23-48-31-13-5-27(6-14-31)19-40-44-36)24-49-32-15-7-28(8-16-32)20-41-45-37/h1-16H,17-24H2. The zero-order valence-electron chi connectivity index (χ0n) is 26.4. The summed E-state index contributed by atoms with van der Waals surface area (Å²) < 4.78 is 25.2. The molecule has 4 aromatic rings. The quantitative estimate of drug-likeness (QED) is 0.0511. The largest absolute Gasteiger partial charge is 0.493 e. The smallest absolute Gasteiger partial charge is 0.119 e. The first kappa shape index (κ1) is 35.2. The van der Waals surface area contributed by atoms with E-state index in [1.165, 1.54) is 0 Å². The molecule has 0 aromatic heterocycles. The van der Waals surface area contributed by atoms with Gasteiger partial charge < -0.3 is 18.9 Å². The summed E-state index contributed by atoms with van der Waals surface area (Å²) in [6.07, 6.45) is 0. The van der Waals surface area contributed by atoms with E-state index >= 15 is 0 Å². The van der Waals surface area contributed by atoms with Gasteiger partial charge in [0.2, 0.25) is 0 Å². The Bertz CT molecular complexity index is 1550. The lowest BCUT2D eigenvalue weighted by atomic mass is 9.92. The van der Waals surface area contributed by atoms with Crippen LogP contribution in [0.15, 0.2) is 118 Å². The third kappa shape index (κ3) is 11.9. The van der Waals surface area contributed by atoms with E-state index in [1.54, 1.807) is 48.5 Å². The maximum absolute atomic E-state index is 8.65. The highest BCUT2D eigenvalue weighted by Gasteiger charge is 2.36. The molecule has 0 aliphatic rings. The van der Waals surface area contributed by atoms with Crippen LogP contribution in [-0.4, -0.2) is 26.4 Å². The molecule has 0 aliphatic carbocycles. The Morgan fingerprint density at radius 3 is 0.755 bits per heavy atom. The molecule has 0 atom stereocenters. The molecule has 0 bridgehead atoms. The van der Waals surface area contributed by atoms with E-state index in [1.807, 2.05) is 48.5 Å². The predicted molar refractivity (Wildman–Crippen MR) is 182 cm³/mol. The number of ether oxygens (including phenoxy) is 4. The highest BCUT2D eigenvalue weighted by molar-refractivity contribution is 5.30. The number of rotatable bonds is 20. The Labute approximate surface area is 281 Å². The van der Waals surface area contributed by atoms with Crippen molar-refractivity contribution in [1.29, 1.82) is 0 Å². The Kier molecular flexibility index (Phi) is 13.7. The fraction of sp³-hybridized carbons (Fsp3) is 0.273. The van der Waals surface area contributed by atoms with Gasteiger partial charge in [-0.15, -0.1) is 0 Å². The van der Waals surface area contributed by atoms with Crippen LogP contribution in [0.3, 0.4) is 0 Å². The Morgan fingerprint density at radius 1 is 0.367 bits per heavy atom. The van der Waals surface area contributed by atoms with E-state index in [0.717, 1.165) is 22.3 Å². The summed E-state index contributed by atoms with van der Waals surface area (Å²) in [6, 6.07) is 28.9. The third-order valence-corrected chi connectivity index (χ3v) is 7.14. The first-order valence-corrected chi connectivity index (χ1v) is 15.0. The van der Waals surface area contributed by atoms with Gasteiger partial charge in [0, 0.05) is 19.6 Å². The van der Waals surface area contributed by atoms with E-state index in [9.17, 15) is 0 Å². The van der Waals surface area contributed by atoms with Gasteiger partial charge in [-0.25, -0.2) is 0 Å². The molecule has 248 valence electrons. The molecule has 0 amide bonds. The van der Waals surface area contributed by atoms with Gasteiger partial charge in [0.25, 0.3) is 0 Å². The van der Waals surface area contributed by atoms with Crippen LogP contribution < -0.4 is 18.9 Å². The average Bonchev–Trinajstić information content (AvgIpc) is 3.15. The maximum atomic E-state index is 8.65. The maximum Gasteiger partial charge on any atom is 0.119 e. The summed E-state index contributed by atoms with van der Waals surface area (Å²) in [5, 5.41) is 14.4. The van der Waals surface area contributed by atoms with Crippen molar-refractivity contribution in [3.05, 3.63) is 161 Å². The summed E-state index contributed by atoms with van der Waals surface area (Å²) in [5.41, 5.74) is 37.1. The number of nitrogens with zero attached hydrogens (tertiary/aromatic N) is 12. The van der Waals surface area contributed by atoms with E-state index in [-0.39, 0.29) is 52.6 Å². The summed E-state index contributed by atoms with van der Waals surface area (Å²) in [5.74, 6) is 2.34. The van der Waals surface area contributed by atoms with Crippen LogP contribution in [0.4, 0.5) is 0 Å². The van der Waals surface area contributed by atoms with Crippen molar-refractivity contribution < 1.29 is 18.9 Å². The first-order chi connectivity index (χ1) is 24.0. The second kappa shape index (κ2) is 19.1. The molecule has 4 aromatic carbocycles. The average molecular weight is 661 g/mol. The Balaban J connectivity index is 1.60. The number of hydrogen-bond acceptors (Lipinski definition) is 8. The molecule has 0 heterocycles. The van der Waals surface area contributed by atoms with Crippen LogP contribution in [0, 0.1) is 5.41 Å². The molecule has 0 spiro atoms. The van der Waals surface area contributed by atoms with Gasteiger partial charge in [-0.1, -0.05) is 69.0 Å². The lowest BCUT2D eigenvalue weighted by molar-refractivity contribution is -0.00353. The van der Waals surface area contributed by atoms with Gasteiger partial charge in [0.1, 0.15) is 54.8 Å². The summed E-state index contributed by atoms with van der Waals surface area (Å²) >= 11 is 0. The predicted octanol–water partition coefficient (Wildman–Crippen LogP) is 9.53. The minimum absolute atomic E-state index is 0.127. The lowest BCUT2D eigenvalue weighted by Crippen LogP contribution is -2.45. The van der Waals surface area contributed by atoms with Gasteiger partial charge in [-0.3, -0.25) is 0 Å². The molecule has 49 heavy (non-hydrogen) atoms. The van der Waals surface area contributed by atoms with Gasteiger partial charge in [-0.2, -0.15) is 0 Å². The first-order valence-electron chi connectivity index (χ1n) is 15.0. The normalized spacial score (nSPS) is 11.3. The molecule has 0 saturated carbocycles. The summed E-state index contributed by atoms with van der Waals surface area (Å²) in [6.45, 7) is 1.40. The molecular weight excluding hydrogens is 628 g/mol. The second-order valence-corrected chi connectivity index (χ2v) is 10.8. The zero-order valence-corrected chi connectivity index (χ0v) is 26.4. The van der Waals surface area contributed by atoms with Crippen LogP contribution in [0.5, 0.6) is 23.0 Å². The van der Waals surface area contributed by atoms with E-state index in [4.69, 9.17) is 41.1 Å². The van der Waals surface area contributed by atoms with Crippen molar-refractivity contribution in [1.82, 2.24) is 0 Å². The topological polar surface area (TPSA) is 232 Å². The van der Waals surface area contributed by atoms with E-state index in [2.05, 4.69) is 40.1 Å². The molecule has 16 nitrogen and oxygen atoms in total. The third-order valence-electron chi connectivity index (χ3n) is 7.14. The molecule has 0 fully saturated rings. The number of benzene rings is 4. The van der Waals surface area contributed by atoms with Crippen molar-refractivity contribution in [2.45, 2.75) is 26.2 Å². The van der Waals surface area contributed by atoms with Crippen molar-refractivity contribution in [2.75, 3.05) is 26.4 Å². The zero-order chi connectivity index (χ0) is 34.6. The van der Waals surface area contributed by atoms with E-state index in [0.29, 0.717) is 23.0 Å². The summed E-state index contributed by atoms with van der Waals surface area (Å²) in [4.78, 5) is 11.2. The van der Waals surface area contributed by atoms with Gasteiger partial charge in [-0.05, 0) is 92.9 Å². The molecule has 16 heteroatoms. The fourth-order valence-electron chi connectivity index (χ4n) is 4.41. The minimum Gasteiger partial charge on any atom is -0.493 e. The lowest BCUT2D eigenvalue weighted by Gasteiger charge is -2.33. The van der Waals surface area contributed by atoms with Crippen LogP contribution in [0.25, 0.3) is 41.8 Å². The van der Waals surface area contributed by atoms with Crippen LogP contribution in [0.2, 0.25) is 0 Å². The number of azide groups is 4. The highest BCUT2D eigenvalue weighted by atomic mass is 16.5. The van der Waals surface area contributed by atoms with Crippen molar-refractivity contribution in [3.8, 4) is 23.0 Å². The van der Waals surface area contributed by atoms with Crippen LogP contribution in [0.1, 0.15) is 22.3 Å². The molecule has 0 N–H and O–H groups in total. The molecule has 0 saturated heterocycles. The molecule has 4 rings (SSSR count). The number of hydrogen-bond donors (Lipinski definition) is 0. The van der Waals surface area contributed by atoms with Gasteiger partial charge in [0.15, 0.2) is 0 Å². The van der Waals surface area contributed by atoms with Gasteiger partial charge >= 0.3 is 0 Å².